The molecule has 3 amide bonds. The van der Waals surface area contributed by atoms with E-state index in [1.165, 1.54) is 17.2 Å². The molecule has 1 heterocycles. The largest absolute Gasteiger partial charge is 0.346 e. The van der Waals surface area contributed by atoms with Crippen LogP contribution in [0.2, 0.25) is 0 Å². The van der Waals surface area contributed by atoms with E-state index in [-0.39, 0.29) is 43.2 Å². The van der Waals surface area contributed by atoms with E-state index in [0.29, 0.717) is 6.42 Å². The molecule has 1 aromatic rings. The van der Waals surface area contributed by atoms with Gasteiger partial charge in [0.1, 0.15) is 10.4 Å². The Morgan fingerprint density at radius 2 is 1.78 bits per heavy atom. The van der Waals surface area contributed by atoms with Crippen LogP contribution >= 0.6 is 23.2 Å². The van der Waals surface area contributed by atoms with Crippen molar-refractivity contribution in [2.75, 3.05) is 13.1 Å². The molecule has 1 saturated heterocycles. The second-order valence-electron chi connectivity index (χ2n) is 10.3. The number of rotatable bonds is 11. The number of fused-ring (bicyclic) bond motifs is 2. The summed E-state index contributed by atoms with van der Waals surface area (Å²) >= 11 is 12.9. The van der Waals surface area contributed by atoms with Gasteiger partial charge in [0.15, 0.2) is 0 Å². The number of amides is 3. The molecule has 2 fully saturated rings. The number of halogens is 2. The van der Waals surface area contributed by atoms with Crippen molar-refractivity contribution >= 4 is 46.7 Å². The molecule has 7 nitrogen and oxygen atoms in total. The van der Waals surface area contributed by atoms with Crippen LogP contribution < -0.4 is 10.6 Å². The summed E-state index contributed by atoms with van der Waals surface area (Å²) in [4.78, 5) is 53.9. The number of nitrogens with one attached hydrogen (secondary N) is 2. The van der Waals surface area contributed by atoms with E-state index in [1.54, 1.807) is 11.0 Å². The van der Waals surface area contributed by atoms with Crippen LogP contribution in [0.5, 0.6) is 0 Å². The number of piperidine rings is 1. The number of ketones is 1. The molecule has 1 aliphatic heterocycles. The fourth-order valence-electron chi connectivity index (χ4n) is 5.76. The van der Waals surface area contributed by atoms with E-state index in [4.69, 9.17) is 23.2 Å². The Kier molecular flexibility index (Phi) is 8.14. The van der Waals surface area contributed by atoms with Gasteiger partial charge in [-0.1, -0.05) is 43.3 Å². The summed E-state index contributed by atoms with van der Waals surface area (Å²) in [5.74, 6) is -3.03. The minimum atomic E-state index is -1.10. The molecule has 2 aliphatic carbocycles. The summed E-state index contributed by atoms with van der Waals surface area (Å²) in [5.41, 5.74) is 2.51. The van der Waals surface area contributed by atoms with Gasteiger partial charge in [0.25, 0.3) is 5.91 Å². The normalized spacial score (nSPS) is 24.8. The smallest absolute Gasteiger partial charge is 0.289 e. The van der Waals surface area contributed by atoms with E-state index in [1.807, 2.05) is 19.1 Å². The Morgan fingerprint density at radius 1 is 1.14 bits per heavy atom. The standard InChI is InChI=1S/C28H33Cl2N3O4/c1-4-6-11-21(24(34)26(36)31-12-5-2)32-25(35)23-22-20(28(22,29)30)15-33(23)27(37)16(3)19-13-17-9-7-8-10-18(17)14-19/h4-5,7-10,16,19-23H,1-2,6,11-15H2,3H3,(H,31,36)(H,32,35)/t16-,20-,21?,22-,23-/m0/s1. The molecular formula is C28H33Cl2N3O4. The lowest BCUT2D eigenvalue weighted by Gasteiger charge is -2.33. The average Bonchev–Trinajstić information content (AvgIpc) is 3.27. The van der Waals surface area contributed by atoms with E-state index in [9.17, 15) is 19.2 Å². The number of likely N-dealkylation sites (tertiary alicyclic amines) is 1. The van der Waals surface area contributed by atoms with Crippen molar-refractivity contribution < 1.29 is 19.2 Å². The highest BCUT2D eigenvalue weighted by Gasteiger charge is 2.74. The summed E-state index contributed by atoms with van der Waals surface area (Å²) in [6.45, 7) is 9.51. The Balaban J connectivity index is 1.49. The van der Waals surface area contributed by atoms with Gasteiger partial charge in [0.2, 0.25) is 17.6 Å². The van der Waals surface area contributed by atoms with Crippen LogP contribution in [0.15, 0.2) is 49.6 Å². The molecule has 1 aromatic carbocycles. The van der Waals surface area contributed by atoms with Crippen molar-refractivity contribution in [3.05, 3.63) is 60.7 Å². The number of nitrogens with zero attached hydrogens (tertiary/aromatic N) is 1. The maximum Gasteiger partial charge on any atom is 0.289 e. The summed E-state index contributed by atoms with van der Waals surface area (Å²) in [6.07, 6.45) is 5.32. The van der Waals surface area contributed by atoms with E-state index in [0.717, 1.165) is 12.8 Å². The zero-order chi connectivity index (χ0) is 26.9. The average molecular weight is 546 g/mol. The van der Waals surface area contributed by atoms with Crippen LogP contribution in [0.3, 0.4) is 0 Å². The van der Waals surface area contributed by atoms with Gasteiger partial charge in [-0.05, 0) is 42.7 Å². The van der Waals surface area contributed by atoms with Gasteiger partial charge in [-0.25, -0.2) is 0 Å². The van der Waals surface area contributed by atoms with E-state index >= 15 is 0 Å². The molecular weight excluding hydrogens is 513 g/mol. The van der Waals surface area contributed by atoms with Crippen LogP contribution in [0.4, 0.5) is 0 Å². The van der Waals surface area contributed by atoms with Crippen LogP contribution in [0, 0.1) is 23.7 Å². The van der Waals surface area contributed by atoms with Crippen LogP contribution in [0.25, 0.3) is 0 Å². The highest BCUT2D eigenvalue weighted by Crippen LogP contribution is 2.65. The SMILES string of the molecule is C=CCCC(NC(=O)[C@@H]1[C@@H]2[C@H](CN1C(=O)[C@@H](C)C1Cc3ccccc3C1)C2(Cl)Cl)C(=O)C(=O)NCC=C. The topological polar surface area (TPSA) is 95.6 Å². The molecule has 2 N–H and O–H groups in total. The molecule has 1 unspecified atom stereocenters. The number of benzene rings is 1. The first-order chi connectivity index (χ1) is 17.6. The zero-order valence-electron chi connectivity index (χ0n) is 20.9. The Bertz CT molecular complexity index is 1100. The minimum Gasteiger partial charge on any atom is -0.346 e. The second kappa shape index (κ2) is 11.0. The van der Waals surface area contributed by atoms with E-state index in [2.05, 4.69) is 35.9 Å². The number of hydrogen-bond donors (Lipinski definition) is 2. The number of carbonyl (C=O) groups is 4. The molecule has 0 bridgehead atoms. The number of allylic oxidation sites excluding steroid dienone is 1. The number of Topliss-reactive ketones (excluding diaryl/α,β-unsaturated/α-hetero) is 1. The van der Waals surface area contributed by atoms with Gasteiger partial charge in [-0.2, -0.15) is 0 Å². The third kappa shape index (κ3) is 5.34. The fraction of sp³-hybridized carbons (Fsp3) is 0.500. The lowest BCUT2D eigenvalue weighted by molar-refractivity contribution is -0.145. The molecule has 198 valence electrons. The quantitative estimate of drug-likeness (QED) is 0.254. The Labute approximate surface area is 227 Å². The molecule has 0 spiro atoms. The van der Waals surface area contributed by atoms with Crippen molar-refractivity contribution in [1.82, 2.24) is 15.5 Å². The maximum absolute atomic E-state index is 13.7. The van der Waals surface area contributed by atoms with Gasteiger partial charge in [0.05, 0.1) is 6.04 Å². The van der Waals surface area contributed by atoms with Crippen LogP contribution in [0.1, 0.15) is 30.9 Å². The second-order valence-corrected chi connectivity index (χ2v) is 11.7. The van der Waals surface area contributed by atoms with Crippen molar-refractivity contribution in [1.29, 1.82) is 0 Å². The van der Waals surface area contributed by atoms with E-state index < -0.39 is 39.9 Å². The fourth-order valence-corrected chi connectivity index (χ4v) is 6.59. The van der Waals surface area contributed by atoms with Gasteiger partial charge in [-0.15, -0.1) is 36.4 Å². The third-order valence-electron chi connectivity index (χ3n) is 7.99. The first-order valence-electron chi connectivity index (χ1n) is 12.7. The zero-order valence-corrected chi connectivity index (χ0v) is 22.4. The Morgan fingerprint density at radius 3 is 2.38 bits per heavy atom. The van der Waals surface area contributed by atoms with Crippen LogP contribution in [-0.4, -0.2) is 57.9 Å². The number of alkyl halides is 2. The van der Waals surface area contributed by atoms with Gasteiger partial charge in [-0.3, -0.25) is 19.2 Å². The van der Waals surface area contributed by atoms with Gasteiger partial charge < -0.3 is 15.5 Å². The summed E-state index contributed by atoms with van der Waals surface area (Å²) < 4.78 is -1.10. The van der Waals surface area contributed by atoms with Crippen LogP contribution in [-0.2, 0) is 32.0 Å². The molecule has 5 atom stereocenters. The molecule has 3 aliphatic rings. The summed E-state index contributed by atoms with van der Waals surface area (Å²) in [5, 5.41) is 5.17. The lowest BCUT2D eigenvalue weighted by Crippen LogP contribution is -2.56. The molecule has 0 radical (unpaired) electrons. The maximum atomic E-state index is 13.7. The van der Waals surface area contributed by atoms with Crippen molar-refractivity contribution in [2.24, 2.45) is 23.7 Å². The highest BCUT2D eigenvalue weighted by atomic mass is 35.5. The minimum absolute atomic E-state index is 0.119. The molecule has 4 rings (SSSR count). The van der Waals surface area contributed by atoms with Crippen molar-refractivity contribution in [2.45, 2.75) is 49.0 Å². The number of carbonyl (C=O) groups excluding carboxylic acids is 4. The van der Waals surface area contributed by atoms with Gasteiger partial charge >= 0.3 is 0 Å². The van der Waals surface area contributed by atoms with Crippen molar-refractivity contribution in [3.63, 3.8) is 0 Å². The first kappa shape index (κ1) is 27.4. The monoisotopic (exact) mass is 545 g/mol. The first-order valence-corrected chi connectivity index (χ1v) is 13.5. The van der Waals surface area contributed by atoms with Gasteiger partial charge in [0, 0.05) is 30.8 Å². The Hall–Kier alpha value is -2.64. The summed E-state index contributed by atoms with van der Waals surface area (Å²) in [6, 6.07) is 6.22. The predicted molar refractivity (Wildman–Crippen MR) is 143 cm³/mol. The summed E-state index contributed by atoms with van der Waals surface area (Å²) in [7, 11) is 0. The highest BCUT2D eigenvalue weighted by molar-refractivity contribution is 6.51. The lowest BCUT2D eigenvalue weighted by atomic mass is 9.89. The number of hydrogen-bond acceptors (Lipinski definition) is 4. The molecule has 0 aromatic heterocycles. The molecule has 9 heteroatoms. The third-order valence-corrected chi connectivity index (χ3v) is 9.05. The molecule has 37 heavy (non-hydrogen) atoms. The molecule has 1 saturated carbocycles. The van der Waals surface area contributed by atoms with Crippen molar-refractivity contribution in [3.8, 4) is 0 Å². The predicted octanol–water partition coefficient (Wildman–Crippen LogP) is 2.99.